The highest BCUT2D eigenvalue weighted by Crippen LogP contribution is 2.29. The van der Waals surface area contributed by atoms with E-state index in [1.54, 1.807) is 24.0 Å². The number of halogens is 3. The zero-order chi connectivity index (χ0) is 19.8. The van der Waals surface area contributed by atoms with Crippen LogP contribution in [0, 0.1) is 0 Å². The highest BCUT2D eigenvalue weighted by atomic mass is 32.2. The van der Waals surface area contributed by atoms with Gasteiger partial charge in [-0.05, 0) is 42.8 Å². The number of sulfonamides is 1. The van der Waals surface area contributed by atoms with Crippen LogP contribution in [0.4, 0.5) is 13.2 Å². The monoisotopic (exact) mass is 398 g/mol. The molecule has 2 aromatic rings. The van der Waals surface area contributed by atoms with Gasteiger partial charge in [0, 0.05) is 24.7 Å². The van der Waals surface area contributed by atoms with E-state index < -0.39 is 27.8 Å². The number of amides is 1. The molecule has 2 aromatic carbocycles. The van der Waals surface area contributed by atoms with Crippen molar-refractivity contribution < 1.29 is 26.4 Å². The molecule has 5 nitrogen and oxygen atoms in total. The van der Waals surface area contributed by atoms with E-state index >= 15 is 0 Å². The average molecular weight is 398 g/mol. The number of carbonyl (C=O) groups excluding carboxylic acids is 1. The maximum Gasteiger partial charge on any atom is 0.416 e. The Labute approximate surface area is 154 Å². The van der Waals surface area contributed by atoms with Gasteiger partial charge in [0.1, 0.15) is 0 Å². The molecule has 1 heterocycles. The van der Waals surface area contributed by atoms with Crippen molar-refractivity contribution in [2.24, 2.45) is 0 Å². The van der Waals surface area contributed by atoms with Gasteiger partial charge >= 0.3 is 6.18 Å². The van der Waals surface area contributed by atoms with E-state index in [2.05, 4.69) is 4.72 Å². The van der Waals surface area contributed by atoms with Gasteiger partial charge in [-0.15, -0.1) is 0 Å². The van der Waals surface area contributed by atoms with E-state index in [4.69, 9.17) is 0 Å². The van der Waals surface area contributed by atoms with Crippen LogP contribution >= 0.6 is 0 Å². The number of nitrogens with one attached hydrogen (secondary N) is 1. The van der Waals surface area contributed by atoms with Crippen LogP contribution in [0.1, 0.15) is 28.4 Å². The van der Waals surface area contributed by atoms with Crippen LogP contribution in [0.2, 0.25) is 0 Å². The molecule has 0 fully saturated rings. The molecule has 1 unspecified atom stereocenters. The molecule has 1 atom stereocenters. The molecule has 0 aliphatic carbocycles. The van der Waals surface area contributed by atoms with E-state index in [0.717, 1.165) is 29.8 Å². The van der Waals surface area contributed by atoms with E-state index in [9.17, 15) is 26.4 Å². The first-order valence-corrected chi connectivity index (χ1v) is 9.64. The zero-order valence-corrected chi connectivity index (χ0v) is 15.1. The second-order valence-corrected chi connectivity index (χ2v) is 8.08. The Hall–Kier alpha value is -2.39. The van der Waals surface area contributed by atoms with Crippen molar-refractivity contribution in [2.75, 3.05) is 6.54 Å². The molecule has 144 valence electrons. The molecule has 0 bridgehead atoms. The number of carbonyl (C=O) groups is 1. The van der Waals surface area contributed by atoms with Gasteiger partial charge < -0.3 is 4.90 Å². The lowest BCUT2D eigenvalue weighted by Gasteiger charge is -2.24. The number of hydrogen-bond donors (Lipinski definition) is 1. The van der Waals surface area contributed by atoms with Crippen molar-refractivity contribution in [3.63, 3.8) is 0 Å². The fraction of sp³-hybridized carbons (Fsp3) is 0.278. The minimum Gasteiger partial charge on any atom is -0.330 e. The summed E-state index contributed by atoms with van der Waals surface area (Å²) in [4.78, 5) is 13.7. The lowest BCUT2D eigenvalue weighted by atomic mass is 10.1. The Kier molecular flexibility index (Phi) is 5.00. The third-order valence-electron chi connectivity index (χ3n) is 4.44. The first kappa shape index (κ1) is 19.4. The van der Waals surface area contributed by atoms with Gasteiger partial charge in [-0.1, -0.05) is 18.2 Å². The Morgan fingerprint density at radius 2 is 1.74 bits per heavy atom. The van der Waals surface area contributed by atoms with Gasteiger partial charge in [-0.3, -0.25) is 4.79 Å². The molecule has 1 aliphatic rings. The van der Waals surface area contributed by atoms with Gasteiger partial charge in [-0.25, -0.2) is 13.1 Å². The normalized spacial score (nSPS) is 15.7. The maximum absolute atomic E-state index is 12.6. The maximum atomic E-state index is 12.6. The summed E-state index contributed by atoms with van der Waals surface area (Å²) in [6.45, 7) is 2.04. The van der Waals surface area contributed by atoms with Gasteiger partial charge in [-0.2, -0.15) is 13.2 Å². The molecule has 0 radical (unpaired) electrons. The summed E-state index contributed by atoms with van der Waals surface area (Å²) >= 11 is 0. The first-order valence-electron chi connectivity index (χ1n) is 8.15. The summed E-state index contributed by atoms with van der Waals surface area (Å²) in [5, 5.41) is 0. The van der Waals surface area contributed by atoms with Crippen LogP contribution in [0.3, 0.4) is 0 Å². The highest BCUT2D eigenvalue weighted by molar-refractivity contribution is 7.89. The van der Waals surface area contributed by atoms with Crippen molar-refractivity contribution >= 4 is 15.9 Å². The number of hydrogen-bond acceptors (Lipinski definition) is 3. The minimum atomic E-state index is -4.53. The summed E-state index contributed by atoms with van der Waals surface area (Å²) in [7, 11) is -3.99. The molecule has 1 aliphatic heterocycles. The number of benzene rings is 2. The molecule has 3 rings (SSSR count). The number of nitrogens with zero attached hydrogens (tertiary/aromatic N) is 1. The van der Waals surface area contributed by atoms with E-state index in [0.29, 0.717) is 12.1 Å². The summed E-state index contributed by atoms with van der Waals surface area (Å²) in [5.41, 5.74) is 0.546. The third-order valence-corrected chi connectivity index (χ3v) is 5.88. The lowest BCUT2D eigenvalue weighted by molar-refractivity contribution is -0.137. The summed E-state index contributed by atoms with van der Waals surface area (Å²) in [6, 6.07) is 9.99. The SMILES string of the molecule is CC(CNS(=O)(=O)c1ccc(C(F)(F)F)cc1)N1Cc2ccccc2C1=O. The van der Waals surface area contributed by atoms with Gasteiger partial charge in [0.15, 0.2) is 0 Å². The molecule has 27 heavy (non-hydrogen) atoms. The third kappa shape index (κ3) is 3.98. The van der Waals surface area contributed by atoms with E-state index in [1.165, 1.54) is 0 Å². The first-order chi connectivity index (χ1) is 12.6. The Bertz CT molecular complexity index is 957. The Balaban J connectivity index is 1.66. The van der Waals surface area contributed by atoms with Crippen LogP contribution in [0.25, 0.3) is 0 Å². The van der Waals surface area contributed by atoms with Crippen molar-refractivity contribution in [1.82, 2.24) is 9.62 Å². The molecular weight excluding hydrogens is 381 g/mol. The number of fused-ring (bicyclic) bond motifs is 1. The molecule has 0 saturated carbocycles. The molecule has 0 spiro atoms. The predicted octanol–water partition coefficient (Wildman–Crippen LogP) is 3.03. The van der Waals surface area contributed by atoms with Crippen molar-refractivity contribution in [1.29, 1.82) is 0 Å². The van der Waals surface area contributed by atoms with Gasteiger partial charge in [0.25, 0.3) is 5.91 Å². The lowest BCUT2D eigenvalue weighted by Crippen LogP contribution is -2.42. The van der Waals surface area contributed by atoms with Crippen LogP contribution in [-0.2, 0) is 22.7 Å². The minimum absolute atomic E-state index is 0.0525. The smallest absolute Gasteiger partial charge is 0.330 e. The van der Waals surface area contributed by atoms with Crippen LogP contribution < -0.4 is 4.72 Å². The Morgan fingerprint density at radius 1 is 1.11 bits per heavy atom. The fourth-order valence-electron chi connectivity index (χ4n) is 2.88. The van der Waals surface area contributed by atoms with Crippen LogP contribution in [0.5, 0.6) is 0 Å². The number of rotatable bonds is 5. The standard InChI is InChI=1S/C18H17F3N2O3S/c1-12(23-11-13-4-2-3-5-16(13)17(23)24)10-22-27(25,26)15-8-6-14(7-9-15)18(19,20)21/h2-9,12,22H,10-11H2,1H3. The van der Waals surface area contributed by atoms with Gasteiger partial charge in [0.05, 0.1) is 10.5 Å². The molecule has 0 saturated heterocycles. The van der Waals surface area contributed by atoms with Crippen molar-refractivity contribution in [3.8, 4) is 0 Å². The molecule has 0 aromatic heterocycles. The van der Waals surface area contributed by atoms with Crippen LogP contribution in [-0.4, -0.2) is 31.8 Å². The van der Waals surface area contributed by atoms with Crippen LogP contribution in [0.15, 0.2) is 53.4 Å². The van der Waals surface area contributed by atoms with Gasteiger partial charge in [0.2, 0.25) is 10.0 Å². The average Bonchev–Trinajstić information content (AvgIpc) is 2.96. The second-order valence-electron chi connectivity index (χ2n) is 6.31. The zero-order valence-electron chi connectivity index (χ0n) is 14.3. The second kappa shape index (κ2) is 6.97. The summed E-state index contributed by atoms with van der Waals surface area (Å²) in [5.74, 6) is -0.174. The van der Waals surface area contributed by atoms with Crippen molar-refractivity contribution in [2.45, 2.75) is 30.6 Å². The summed E-state index contributed by atoms with van der Waals surface area (Å²) in [6.07, 6.45) is -4.53. The van der Waals surface area contributed by atoms with E-state index in [-0.39, 0.29) is 17.3 Å². The Morgan fingerprint density at radius 3 is 2.33 bits per heavy atom. The number of alkyl halides is 3. The quantitative estimate of drug-likeness (QED) is 0.842. The summed E-state index contributed by atoms with van der Waals surface area (Å²) < 4.78 is 64.8. The predicted molar refractivity (Wildman–Crippen MR) is 92.4 cm³/mol. The topological polar surface area (TPSA) is 66.5 Å². The molecule has 9 heteroatoms. The molecule has 1 amide bonds. The van der Waals surface area contributed by atoms with Crippen molar-refractivity contribution in [3.05, 3.63) is 65.2 Å². The molecule has 1 N–H and O–H groups in total. The highest BCUT2D eigenvalue weighted by Gasteiger charge is 2.32. The largest absolute Gasteiger partial charge is 0.416 e. The fourth-order valence-corrected chi connectivity index (χ4v) is 4.00. The van der Waals surface area contributed by atoms with E-state index in [1.807, 2.05) is 12.1 Å². The molecular formula is C18H17F3N2O3S.